The lowest BCUT2D eigenvalue weighted by Crippen LogP contribution is -2.09. The van der Waals surface area contributed by atoms with Crippen molar-refractivity contribution in [2.24, 2.45) is 7.05 Å². The first-order valence-electron chi connectivity index (χ1n) is 5.81. The second-order valence-electron chi connectivity index (χ2n) is 4.44. The van der Waals surface area contributed by atoms with Crippen molar-refractivity contribution in [3.63, 3.8) is 0 Å². The van der Waals surface area contributed by atoms with Gasteiger partial charge in [0.15, 0.2) is 0 Å². The predicted octanol–water partition coefficient (Wildman–Crippen LogP) is 2.93. The van der Waals surface area contributed by atoms with Crippen LogP contribution >= 0.6 is 11.6 Å². The average molecular weight is 279 g/mol. The SMILES string of the molecule is Cc1ccc(COC(=O)c2cc(N)cn2C)c(Cl)c1. The number of hydrogen-bond donors (Lipinski definition) is 1. The molecule has 0 aliphatic carbocycles. The van der Waals surface area contributed by atoms with Gasteiger partial charge >= 0.3 is 5.97 Å². The number of carbonyl (C=O) groups excluding carboxylic acids is 1. The molecule has 2 rings (SSSR count). The fraction of sp³-hybridized carbons (Fsp3) is 0.214. The Balaban J connectivity index is 2.06. The molecule has 2 N–H and O–H groups in total. The zero-order valence-corrected chi connectivity index (χ0v) is 11.6. The fourth-order valence-electron chi connectivity index (χ4n) is 1.78. The minimum atomic E-state index is -0.421. The number of nitrogen functional groups attached to an aromatic ring is 1. The van der Waals surface area contributed by atoms with Gasteiger partial charge < -0.3 is 15.0 Å². The lowest BCUT2D eigenvalue weighted by molar-refractivity contribution is 0.0461. The number of esters is 1. The summed E-state index contributed by atoms with van der Waals surface area (Å²) in [6.45, 7) is 2.09. The molecule has 0 unspecified atom stereocenters. The molecular weight excluding hydrogens is 264 g/mol. The van der Waals surface area contributed by atoms with E-state index in [0.717, 1.165) is 11.1 Å². The number of halogens is 1. The third-order valence-electron chi connectivity index (χ3n) is 2.80. The zero-order chi connectivity index (χ0) is 14.0. The molecule has 1 aromatic heterocycles. The van der Waals surface area contributed by atoms with Crippen LogP contribution in [0.5, 0.6) is 0 Å². The van der Waals surface area contributed by atoms with Crippen LogP contribution in [0.2, 0.25) is 5.02 Å². The van der Waals surface area contributed by atoms with Crippen molar-refractivity contribution >= 4 is 23.3 Å². The van der Waals surface area contributed by atoms with Crippen molar-refractivity contribution in [1.82, 2.24) is 4.57 Å². The molecule has 1 aromatic carbocycles. The maximum atomic E-state index is 11.9. The average Bonchev–Trinajstić information content (AvgIpc) is 2.67. The molecule has 0 amide bonds. The second kappa shape index (κ2) is 5.36. The predicted molar refractivity (Wildman–Crippen MR) is 75.1 cm³/mol. The van der Waals surface area contributed by atoms with Crippen LogP contribution in [0.1, 0.15) is 21.6 Å². The number of benzene rings is 1. The van der Waals surface area contributed by atoms with Crippen LogP contribution in [0, 0.1) is 6.92 Å². The summed E-state index contributed by atoms with van der Waals surface area (Å²) in [4.78, 5) is 11.9. The lowest BCUT2D eigenvalue weighted by atomic mass is 10.2. The molecule has 1 heterocycles. The van der Waals surface area contributed by atoms with E-state index in [-0.39, 0.29) is 6.61 Å². The molecule has 100 valence electrons. The van der Waals surface area contributed by atoms with Crippen LogP contribution in [0.4, 0.5) is 5.69 Å². The summed E-state index contributed by atoms with van der Waals surface area (Å²) < 4.78 is 6.86. The molecule has 0 atom stereocenters. The highest BCUT2D eigenvalue weighted by Gasteiger charge is 2.13. The lowest BCUT2D eigenvalue weighted by Gasteiger charge is -2.07. The Labute approximate surface area is 116 Å². The van der Waals surface area contributed by atoms with Gasteiger partial charge in [-0.1, -0.05) is 23.7 Å². The summed E-state index contributed by atoms with van der Waals surface area (Å²) >= 11 is 6.08. The molecular formula is C14H15ClN2O2. The highest BCUT2D eigenvalue weighted by molar-refractivity contribution is 6.31. The van der Waals surface area contributed by atoms with Crippen molar-refractivity contribution in [1.29, 1.82) is 0 Å². The summed E-state index contributed by atoms with van der Waals surface area (Å²) in [6.07, 6.45) is 1.66. The van der Waals surface area contributed by atoms with E-state index in [1.54, 1.807) is 23.9 Å². The van der Waals surface area contributed by atoms with Crippen LogP contribution < -0.4 is 5.73 Å². The molecule has 19 heavy (non-hydrogen) atoms. The minimum absolute atomic E-state index is 0.142. The normalized spacial score (nSPS) is 10.5. The van der Waals surface area contributed by atoms with Crippen molar-refractivity contribution < 1.29 is 9.53 Å². The van der Waals surface area contributed by atoms with E-state index >= 15 is 0 Å². The number of rotatable bonds is 3. The third-order valence-corrected chi connectivity index (χ3v) is 3.15. The van der Waals surface area contributed by atoms with Gasteiger partial charge in [0.2, 0.25) is 0 Å². The molecule has 0 aliphatic heterocycles. The van der Waals surface area contributed by atoms with Crippen molar-refractivity contribution in [2.75, 3.05) is 5.73 Å². The first kappa shape index (κ1) is 13.5. The van der Waals surface area contributed by atoms with Gasteiger partial charge in [-0.15, -0.1) is 0 Å². The molecule has 2 aromatic rings. The van der Waals surface area contributed by atoms with Gasteiger partial charge in [0.1, 0.15) is 12.3 Å². The summed E-state index contributed by atoms with van der Waals surface area (Å²) in [7, 11) is 1.74. The Morgan fingerprint density at radius 2 is 2.16 bits per heavy atom. The first-order chi connectivity index (χ1) is 8.97. The van der Waals surface area contributed by atoms with Crippen LogP contribution in [0.3, 0.4) is 0 Å². The monoisotopic (exact) mass is 278 g/mol. The van der Waals surface area contributed by atoms with Crippen LogP contribution in [0.25, 0.3) is 0 Å². The Morgan fingerprint density at radius 1 is 1.42 bits per heavy atom. The number of nitrogens with zero attached hydrogens (tertiary/aromatic N) is 1. The summed E-state index contributed by atoms with van der Waals surface area (Å²) in [5.41, 5.74) is 8.41. The largest absolute Gasteiger partial charge is 0.456 e. The van der Waals surface area contributed by atoms with E-state index in [0.29, 0.717) is 16.4 Å². The van der Waals surface area contributed by atoms with E-state index in [4.69, 9.17) is 22.1 Å². The smallest absolute Gasteiger partial charge is 0.355 e. The van der Waals surface area contributed by atoms with E-state index in [1.165, 1.54) is 0 Å². The summed E-state index contributed by atoms with van der Waals surface area (Å²) in [5.74, 6) is -0.421. The molecule has 0 bridgehead atoms. The second-order valence-corrected chi connectivity index (χ2v) is 4.85. The fourth-order valence-corrected chi connectivity index (χ4v) is 2.07. The Morgan fingerprint density at radius 3 is 2.74 bits per heavy atom. The van der Waals surface area contributed by atoms with Gasteiger partial charge in [0.25, 0.3) is 0 Å². The number of aryl methyl sites for hydroxylation is 2. The van der Waals surface area contributed by atoms with Crippen LogP contribution in [-0.2, 0) is 18.4 Å². The van der Waals surface area contributed by atoms with Gasteiger partial charge in [-0.3, -0.25) is 0 Å². The Bertz CT molecular complexity index is 620. The van der Waals surface area contributed by atoms with E-state index < -0.39 is 5.97 Å². The van der Waals surface area contributed by atoms with E-state index in [9.17, 15) is 4.79 Å². The van der Waals surface area contributed by atoms with E-state index in [2.05, 4.69) is 0 Å². The van der Waals surface area contributed by atoms with E-state index in [1.807, 2.05) is 25.1 Å². The van der Waals surface area contributed by atoms with Crippen molar-refractivity contribution in [3.05, 3.63) is 52.3 Å². The molecule has 5 heteroatoms. The zero-order valence-electron chi connectivity index (χ0n) is 10.8. The topological polar surface area (TPSA) is 57.2 Å². The molecule has 0 radical (unpaired) electrons. The third kappa shape index (κ3) is 3.09. The Kier molecular flexibility index (Phi) is 3.81. The number of hydrogen-bond acceptors (Lipinski definition) is 3. The Hall–Kier alpha value is -1.94. The molecule has 0 saturated carbocycles. The highest BCUT2D eigenvalue weighted by atomic mass is 35.5. The molecule has 0 spiro atoms. The number of nitrogens with two attached hydrogens (primary N) is 1. The van der Waals surface area contributed by atoms with Gasteiger partial charge in [-0.25, -0.2) is 4.79 Å². The molecule has 4 nitrogen and oxygen atoms in total. The van der Waals surface area contributed by atoms with Gasteiger partial charge in [0.05, 0.1) is 5.69 Å². The number of anilines is 1. The number of ether oxygens (including phenoxy) is 1. The van der Waals surface area contributed by atoms with Crippen molar-refractivity contribution in [3.8, 4) is 0 Å². The number of aromatic nitrogens is 1. The summed E-state index contributed by atoms with van der Waals surface area (Å²) in [5, 5.41) is 0.596. The van der Waals surface area contributed by atoms with Crippen LogP contribution in [0.15, 0.2) is 30.5 Å². The number of carbonyl (C=O) groups is 1. The van der Waals surface area contributed by atoms with Crippen molar-refractivity contribution in [2.45, 2.75) is 13.5 Å². The van der Waals surface area contributed by atoms with Gasteiger partial charge in [-0.05, 0) is 24.6 Å². The van der Waals surface area contributed by atoms with Crippen LogP contribution in [-0.4, -0.2) is 10.5 Å². The molecule has 0 saturated heterocycles. The summed E-state index contributed by atoms with van der Waals surface area (Å²) in [6, 6.07) is 7.20. The maximum Gasteiger partial charge on any atom is 0.355 e. The molecule has 0 aliphatic rings. The first-order valence-corrected chi connectivity index (χ1v) is 6.19. The van der Waals surface area contributed by atoms with Gasteiger partial charge in [-0.2, -0.15) is 0 Å². The maximum absolute atomic E-state index is 11.9. The highest BCUT2D eigenvalue weighted by Crippen LogP contribution is 2.19. The quantitative estimate of drug-likeness (QED) is 0.878. The molecule has 0 fully saturated rings. The standard InChI is InChI=1S/C14H15ClN2O2/c1-9-3-4-10(12(15)5-9)8-19-14(18)13-6-11(16)7-17(13)2/h3-7H,8,16H2,1-2H3. The van der Waals surface area contributed by atoms with Gasteiger partial charge in [0, 0.05) is 23.8 Å². The minimum Gasteiger partial charge on any atom is -0.456 e.